The largest absolute Gasteiger partial charge is 0.354 e. The number of hydrogen-bond acceptors (Lipinski definition) is 2. The smallest absolute Gasteiger partial charge is 0.243 e. The molecular formula is C28H31ClN2O2. The first-order chi connectivity index (χ1) is 16.0. The molecule has 0 saturated heterocycles. The standard InChI is InChI=1S/C28H31ClN2O2/c1-3-16-30-28(33)26(18-22-11-5-4-6-12-22)31(20-23-13-9-15-25(29)17-23)27(32)19-24-14-8-7-10-21(24)2/h4-15,17,26H,3,16,18-20H2,1-2H3,(H,30,33). The van der Waals surface area contributed by atoms with Gasteiger partial charge in [-0.25, -0.2) is 0 Å². The molecule has 3 aromatic carbocycles. The minimum Gasteiger partial charge on any atom is -0.354 e. The Morgan fingerprint density at radius 1 is 0.939 bits per heavy atom. The van der Waals surface area contributed by atoms with Crippen molar-refractivity contribution < 1.29 is 9.59 Å². The van der Waals surface area contributed by atoms with Crippen molar-refractivity contribution >= 4 is 23.4 Å². The van der Waals surface area contributed by atoms with Gasteiger partial charge in [-0.3, -0.25) is 9.59 Å². The summed E-state index contributed by atoms with van der Waals surface area (Å²) < 4.78 is 0. The van der Waals surface area contributed by atoms with Crippen LogP contribution in [0.1, 0.15) is 35.6 Å². The Bertz CT molecular complexity index is 1070. The van der Waals surface area contributed by atoms with Gasteiger partial charge in [-0.15, -0.1) is 0 Å². The Morgan fingerprint density at radius 3 is 2.33 bits per heavy atom. The molecule has 0 aliphatic carbocycles. The number of aryl methyl sites for hydroxylation is 1. The third kappa shape index (κ3) is 7.19. The zero-order valence-electron chi connectivity index (χ0n) is 19.3. The van der Waals surface area contributed by atoms with Gasteiger partial charge in [0.15, 0.2) is 0 Å². The average molecular weight is 463 g/mol. The summed E-state index contributed by atoms with van der Waals surface area (Å²) in [6.07, 6.45) is 1.51. The molecule has 0 heterocycles. The normalized spacial score (nSPS) is 11.6. The van der Waals surface area contributed by atoms with Gasteiger partial charge in [0.05, 0.1) is 6.42 Å². The van der Waals surface area contributed by atoms with E-state index in [0.717, 1.165) is 28.7 Å². The number of benzene rings is 3. The molecule has 0 aliphatic rings. The minimum absolute atomic E-state index is 0.0862. The van der Waals surface area contributed by atoms with Gasteiger partial charge >= 0.3 is 0 Å². The van der Waals surface area contributed by atoms with Crippen LogP contribution in [0.5, 0.6) is 0 Å². The van der Waals surface area contributed by atoms with Crippen molar-refractivity contribution in [2.45, 2.75) is 45.7 Å². The lowest BCUT2D eigenvalue weighted by atomic mass is 10.00. The van der Waals surface area contributed by atoms with Gasteiger partial charge in [0.2, 0.25) is 11.8 Å². The quantitative estimate of drug-likeness (QED) is 0.441. The maximum absolute atomic E-state index is 13.7. The number of carbonyl (C=O) groups is 2. The van der Waals surface area contributed by atoms with Gasteiger partial charge in [-0.05, 0) is 47.7 Å². The molecule has 3 aromatic rings. The van der Waals surface area contributed by atoms with Crippen molar-refractivity contribution in [3.05, 3.63) is 106 Å². The van der Waals surface area contributed by atoms with Crippen LogP contribution in [-0.2, 0) is 29.0 Å². The lowest BCUT2D eigenvalue weighted by Gasteiger charge is -2.32. The van der Waals surface area contributed by atoms with Crippen LogP contribution in [0.3, 0.4) is 0 Å². The summed E-state index contributed by atoms with van der Waals surface area (Å²) in [5.74, 6) is -0.224. The Balaban J connectivity index is 1.96. The zero-order chi connectivity index (χ0) is 23.6. The first kappa shape index (κ1) is 24.5. The van der Waals surface area contributed by atoms with Crippen LogP contribution in [0, 0.1) is 6.92 Å². The molecular weight excluding hydrogens is 432 g/mol. The van der Waals surface area contributed by atoms with E-state index in [0.29, 0.717) is 24.5 Å². The summed E-state index contributed by atoms with van der Waals surface area (Å²) in [5, 5.41) is 3.61. The molecule has 0 aliphatic heterocycles. The van der Waals surface area contributed by atoms with Crippen LogP contribution in [0.2, 0.25) is 5.02 Å². The van der Waals surface area contributed by atoms with E-state index in [9.17, 15) is 9.59 Å². The SMILES string of the molecule is CCCNC(=O)C(Cc1ccccc1)N(Cc1cccc(Cl)c1)C(=O)Cc1ccccc1C. The second-order valence-corrected chi connectivity index (χ2v) is 8.69. The first-order valence-electron chi connectivity index (χ1n) is 11.4. The minimum atomic E-state index is -0.630. The highest BCUT2D eigenvalue weighted by atomic mass is 35.5. The van der Waals surface area contributed by atoms with Crippen LogP contribution in [-0.4, -0.2) is 29.3 Å². The predicted octanol–water partition coefficient (Wildman–Crippen LogP) is 5.36. The molecule has 0 spiro atoms. The third-order valence-electron chi connectivity index (χ3n) is 5.67. The summed E-state index contributed by atoms with van der Waals surface area (Å²) in [5.41, 5.74) is 3.92. The highest BCUT2D eigenvalue weighted by Gasteiger charge is 2.30. The third-order valence-corrected chi connectivity index (χ3v) is 5.90. The highest BCUT2D eigenvalue weighted by molar-refractivity contribution is 6.30. The van der Waals surface area contributed by atoms with E-state index in [1.807, 2.05) is 86.6 Å². The van der Waals surface area contributed by atoms with E-state index in [2.05, 4.69) is 5.32 Å². The maximum Gasteiger partial charge on any atom is 0.243 e. The van der Waals surface area contributed by atoms with Crippen LogP contribution in [0.25, 0.3) is 0 Å². The Morgan fingerprint density at radius 2 is 1.64 bits per heavy atom. The van der Waals surface area contributed by atoms with Crippen molar-refractivity contribution in [1.82, 2.24) is 10.2 Å². The summed E-state index contributed by atoms with van der Waals surface area (Å²) in [7, 11) is 0. The molecule has 0 radical (unpaired) electrons. The fourth-order valence-corrected chi connectivity index (χ4v) is 4.04. The van der Waals surface area contributed by atoms with E-state index in [-0.39, 0.29) is 18.2 Å². The highest BCUT2D eigenvalue weighted by Crippen LogP contribution is 2.19. The molecule has 1 N–H and O–H groups in total. The van der Waals surface area contributed by atoms with Crippen molar-refractivity contribution in [1.29, 1.82) is 0 Å². The molecule has 33 heavy (non-hydrogen) atoms. The van der Waals surface area contributed by atoms with Gasteiger partial charge in [-0.1, -0.05) is 85.3 Å². The van der Waals surface area contributed by atoms with Crippen molar-refractivity contribution in [3.63, 3.8) is 0 Å². The van der Waals surface area contributed by atoms with E-state index in [4.69, 9.17) is 11.6 Å². The molecule has 1 unspecified atom stereocenters. The fraction of sp³-hybridized carbons (Fsp3) is 0.286. The van der Waals surface area contributed by atoms with E-state index in [1.54, 1.807) is 11.0 Å². The van der Waals surface area contributed by atoms with Crippen molar-refractivity contribution in [2.75, 3.05) is 6.54 Å². The molecule has 5 heteroatoms. The van der Waals surface area contributed by atoms with Gasteiger partial charge in [-0.2, -0.15) is 0 Å². The van der Waals surface area contributed by atoms with Gasteiger partial charge in [0.1, 0.15) is 6.04 Å². The second-order valence-electron chi connectivity index (χ2n) is 8.25. The molecule has 0 bridgehead atoms. The van der Waals surface area contributed by atoms with E-state index >= 15 is 0 Å². The summed E-state index contributed by atoms with van der Waals surface area (Å²) in [6.45, 7) is 4.89. The lowest BCUT2D eigenvalue weighted by molar-refractivity contribution is -0.140. The number of carbonyl (C=O) groups excluding carboxylic acids is 2. The molecule has 0 saturated carbocycles. The Labute approximate surface area is 201 Å². The van der Waals surface area contributed by atoms with Crippen LogP contribution < -0.4 is 5.32 Å². The van der Waals surface area contributed by atoms with Crippen LogP contribution >= 0.6 is 11.6 Å². The molecule has 2 amide bonds. The molecule has 0 fully saturated rings. The van der Waals surface area contributed by atoms with Crippen molar-refractivity contribution in [2.24, 2.45) is 0 Å². The zero-order valence-corrected chi connectivity index (χ0v) is 20.0. The number of nitrogens with zero attached hydrogens (tertiary/aromatic N) is 1. The first-order valence-corrected chi connectivity index (χ1v) is 11.8. The summed E-state index contributed by atoms with van der Waals surface area (Å²) in [6, 6.07) is 24.5. The molecule has 172 valence electrons. The topological polar surface area (TPSA) is 49.4 Å². The number of halogens is 1. The summed E-state index contributed by atoms with van der Waals surface area (Å²) in [4.78, 5) is 28.7. The predicted molar refractivity (Wildman–Crippen MR) is 134 cm³/mol. The Kier molecular flexibility index (Phi) is 9.08. The van der Waals surface area contributed by atoms with Gasteiger partial charge < -0.3 is 10.2 Å². The molecule has 1 atom stereocenters. The number of rotatable bonds is 10. The van der Waals surface area contributed by atoms with Gasteiger partial charge in [0.25, 0.3) is 0 Å². The second kappa shape index (κ2) is 12.2. The number of amides is 2. The van der Waals surface area contributed by atoms with Crippen LogP contribution in [0.4, 0.5) is 0 Å². The fourth-order valence-electron chi connectivity index (χ4n) is 3.82. The monoisotopic (exact) mass is 462 g/mol. The molecule has 3 rings (SSSR count). The molecule has 0 aromatic heterocycles. The van der Waals surface area contributed by atoms with E-state index in [1.165, 1.54) is 0 Å². The number of hydrogen-bond donors (Lipinski definition) is 1. The van der Waals surface area contributed by atoms with Crippen molar-refractivity contribution in [3.8, 4) is 0 Å². The Hall–Kier alpha value is -3.11. The average Bonchev–Trinajstić information content (AvgIpc) is 2.82. The summed E-state index contributed by atoms with van der Waals surface area (Å²) >= 11 is 6.22. The lowest BCUT2D eigenvalue weighted by Crippen LogP contribution is -2.51. The maximum atomic E-state index is 13.7. The molecule has 4 nitrogen and oxygen atoms in total. The van der Waals surface area contributed by atoms with E-state index < -0.39 is 6.04 Å². The van der Waals surface area contributed by atoms with Gasteiger partial charge in [0, 0.05) is 24.5 Å². The van der Waals surface area contributed by atoms with Crippen LogP contribution in [0.15, 0.2) is 78.9 Å². The number of nitrogens with one attached hydrogen (secondary N) is 1.